The monoisotopic (exact) mass is 554 g/mol. The molecular weight excluding hydrogens is 521 g/mol. The molecule has 30 heavy (non-hydrogen) atoms. The van der Waals surface area contributed by atoms with Crippen LogP contribution in [0.3, 0.4) is 0 Å². The van der Waals surface area contributed by atoms with Crippen LogP contribution in [-0.2, 0) is 6.42 Å². The maximum Gasteiger partial charge on any atom is 0.0904 e. The third-order valence-corrected chi connectivity index (χ3v) is 17.5. The molecule has 3 heterocycles. The second-order valence-electron chi connectivity index (χ2n) is 10.2. The van der Waals surface area contributed by atoms with Crippen molar-refractivity contribution in [2.45, 2.75) is 78.3 Å². The molecule has 164 valence electrons. The molecule has 0 radical (unpaired) electrons. The van der Waals surface area contributed by atoms with Gasteiger partial charge >= 0.3 is 0 Å². The van der Waals surface area contributed by atoms with Gasteiger partial charge in [-0.3, -0.25) is 0 Å². The minimum atomic E-state index is -1.27. The van der Waals surface area contributed by atoms with Crippen molar-refractivity contribution in [3.05, 3.63) is 34.3 Å². The van der Waals surface area contributed by atoms with Crippen LogP contribution in [0, 0.1) is 0 Å². The quantitative estimate of drug-likeness (QED) is 0.182. The normalized spacial score (nSPS) is 12.7. The van der Waals surface area contributed by atoms with Crippen LogP contribution in [0.5, 0.6) is 0 Å². The summed E-state index contributed by atoms with van der Waals surface area (Å²) in [6.45, 7) is 17.0. The summed E-state index contributed by atoms with van der Waals surface area (Å²) < 4.78 is 4.56. The van der Waals surface area contributed by atoms with Crippen LogP contribution in [0.1, 0.15) is 38.2 Å². The van der Waals surface area contributed by atoms with Gasteiger partial charge < -0.3 is 0 Å². The Morgan fingerprint density at radius 1 is 0.700 bits per heavy atom. The summed E-state index contributed by atoms with van der Waals surface area (Å²) in [5.41, 5.74) is 1.54. The van der Waals surface area contributed by atoms with Gasteiger partial charge in [-0.1, -0.05) is 77.6 Å². The molecule has 0 aliphatic carbocycles. The Hall–Kier alpha value is 0.0138. The van der Waals surface area contributed by atoms with Crippen LogP contribution in [0.15, 0.2) is 28.7 Å². The zero-order valence-electron chi connectivity index (χ0n) is 19.4. The van der Waals surface area contributed by atoms with Gasteiger partial charge in [0, 0.05) is 19.1 Å². The van der Waals surface area contributed by atoms with E-state index in [-0.39, 0.29) is 0 Å². The van der Waals surface area contributed by atoms with Gasteiger partial charge in [-0.25, -0.2) is 0 Å². The third kappa shape index (κ3) is 5.68. The van der Waals surface area contributed by atoms with Crippen LogP contribution in [0.25, 0.3) is 19.5 Å². The molecule has 0 bridgehead atoms. The zero-order valence-corrected chi connectivity index (χ0v) is 25.5. The smallest absolute Gasteiger partial charge is 0.0904 e. The summed E-state index contributed by atoms with van der Waals surface area (Å²) in [7, 11) is -2.54. The topological polar surface area (TPSA) is 0 Å². The van der Waals surface area contributed by atoms with E-state index in [1.54, 1.807) is 9.00 Å². The predicted molar refractivity (Wildman–Crippen MR) is 152 cm³/mol. The Kier molecular flexibility index (Phi) is 8.12. The first kappa shape index (κ1) is 24.7. The first-order valence-corrected chi connectivity index (χ1v) is 21.3. The van der Waals surface area contributed by atoms with Crippen molar-refractivity contribution in [1.82, 2.24) is 0 Å². The number of rotatable bonds is 9. The van der Waals surface area contributed by atoms with Crippen LogP contribution < -0.4 is 9.00 Å². The Balaban J connectivity index is 2.03. The average Bonchev–Trinajstić information content (AvgIpc) is 3.36. The van der Waals surface area contributed by atoms with Crippen LogP contribution in [0.4, 0.5) is 0 Å². The van der Waals surface area contributed by atoms with E-state index in [2.05, 4.69) is 86.4 Å². The highest BCUT2D eigenvalue weighted by Crippen LogP contribution is 2.48. The average molecular weight is 556 g/mol. The second-order valence-corrected chi connectivity index (χ2v) is 25.0. The Bertz CT molecular complexity index is 983. The minimum absolute atomic E-state index is 1.18. The Morgan fingerprint density at radius 3 is 1.70 bits per heavy atom. The summed E-state index contributed by atoms with van der Waals surface area (Å²) in [5.74, 6) is 0. The van der Waals surface area contributed by atoms with Crippen molar-refractivity contribution >= 4 is 75.1 Å². The summed E-state index contributed by atoms with van der Waals surface area (Å²) in [6.07, 6.45) is 6.43. The fourth-order valence-corrected chi connectivity index (χ4v) is 11.9. The largest absolute Gasteiger partial charge is 0.144 e. The minimum Gasteiger partial charge on any atom is -0.144 e. The molecule has 0 aliphatic rings. The molecule has 3 rings (SSSR count). The Morgan fingerprint density at radius 2 is 1.23 bits per heavy atom. The van der Waals surface area contributed by atoms with Crippen molar-refractivity contribution in [2.24, 2.45) is 0 Å². The maximum absolute atomic E-state index is 4.05. The molecule has 0 saturated heterocycles. The van der Waals surface area contributed by atoms with Crippen molar-refractivity contribution in [3.8, 4) is 19.5 Å². The van der Waals surface area contributed by atoms with E-state index >= 15 is 0 Å². The van der Waals surface area contributed by atoms with E-state index in [1.165, 1.54) is 61.6 Å². The molecule has 0 aromatic carbocycles. The van der Waals surface area contributed by atoms with E-state index < -0.39 is 16.1 Å². The van der Waals surface area contributed by atoms with Gasteiger partial charge in [0.25, 0.3) is 0 Å². The molecule has 0 saturated carbocycles. The van der Waals surface area contributed by atoms with E-state index in [0.717, 1.165) is 0 Å². The summed E-state index contributed by atoms with van der Waals surface area (Å²) in [5, 5.41) is 0. The maximum atomic E-state index is 4.05. The molecule has 0 spiro atoms. The first-order chi connectivity index (χ1) is 14.0. The van der Waals surface area contributed by atoms with Gasteiger partial charge in [0.1, 0.15) is 0 Å². The standard InChI is InChI=1S/C24H35BrS3Si2/c1-8-9-10-11-12-17-22(25)24(19-14-16-21(27-19)30(5,6)7)28-23(17)18-13-15-20(26-18)29(2,3)4/h13-16H,8-12H2,1-7H3. The number of thiophene rings is 3. The van der Waals surface area contributed by atoms with Gasteiger partial charge in [-0.2, -0.15) is 0 Å². The highest BCUT2D eigenvalue weighted by Gasteiger charge is 2.25. The van der Waals surface area contributed by atoms with E-state index in [4.69, 9.17) is 0 Å². The lowest BCUT2D eigenvalue weighted by atomic mass is 10.1. The summed E-state index contributed by atoms with van der Waals surface area (Å²) in [6, 6.07) is 9.53. The lowest BCUT2D eigenvalue weighted by molar-refractivity contribution is 0.667. The molecule has 6 heteroatoms. The number of hydrogen-bond donors (Lipinski definition) is 0. The molecule has 0 atom stereocenters. The fourth-order valence-electron chi connectivity index (χ4n) is 3.48. The van der Waals surface area contributed by atoms with Crippen molar-refractivity contribution in [1.29, 1.82) is 0 Å². The first-order valence-electron chi connectivity index (χ1n) is 11.0. The molecule has 0 fully saturated rings. The van der Waals surface area contributed by atoms with Crippen molar-refractivity contribution in [2.75, 3.05) is 0 Å². The fraction of sp³-hybridized carbons (Fsp3) is 0.500. The summed E-state index contributed by atoms with van der Waals surface area (Å²) >= 11 is 10.1. The molecule has 3 aromatic heterocycles. The van der Waals surface area contributed by atoms with Crippen LogP contribution in [-0.4, -0.2) is 16.1 Å². The van der Waals surface area contributed by atoms with E-state index in [0.29, 0.717) is 0 Å². The van der Waals surface area contributed by atoms with Gasteiger partial charge in [0.2, 0.25) is 0 Å². The number of unbranched alkanes of at least 4 members (excludes halogenated alkanes) is 3. The van der Waals surface area contributed by atoms with Gasteiger partial charge in [0.05, 0.1) is 21.0 Å². The van der Waals surface area contributed by atoms with E-state index in [1.807, 2.05) is 34.0 Å². The zero-order chi connectivity index (χ0) is 22.1. The highest BCUT2D eigenvalue weighted by molar-refractivity contribution is 9.10. The molecule has 0 N–H and O–H groups in total. The molecule has 0 nitrogen and oxygen atoms in total. The van der Waals surface area contributed by atoms with Gasteiger partial charge in [0.15, 0.2) is 0 Å². The predicted octanol–water partition coefficient (Wildman–Crippen LogP) is 9.18. The molecule has 0 aliphatic heterocycles. The molecular formula is C24H35BrS3Si2. The van der Waals surface area contributed by atoms with Crippen molar-refractivity contribution < 1.29 is 0 Å². The van der Waals surface area contributed by atoms with Crippen LogP contribution >= 0.6 is 49.9 Å². The number of halogens is 1. The SMILES string of the molecule is CCCCCCc1c(-c2ccc([Si](C)(C)C)s2)sc(-c2ccc([Si](C)(C)C)s2)c1Br. The van der Waals surface area contributed by atoms with Gasteiger partial charge in [-0.05, 0) is 55.5 Å². The summed E-state index contributed by atoms with van der Waals surface area (Å²) in [4.78, 5) is 5.85. The lowest BCUT2D eigenvalue weighted by Crippen LogP contribution is -2.34. The number of hydrogen-bond acceptors (Lipinski definition) is 3. The highest BCUT2D eigenvalue weighted by atomic mass is 79.9. The van der Waals surface area contributed by atoms with E-state index in [9.17, 15) is 0 Å². The molecule has 0 unspecified atom stereocenters. The third-order valence-electron chi connectivity index (χ3n) is 5.36. The second kappa shape index (κ2) is 9.88. The van der Waals surface area contributed by atoms with Gasteiger partial charge in [-0.15, -0.1) is 34.0 Å². The molecule has 0 amide bonds. The van der Waals surface area contributed by atoms with Crippen molar-refractivity contribution in [3.63, 3.8) is 0 Å². The Labute approximate surface area is 205 Å². The molecule has 3 aromatic rings. The van der Waals surface area contributed by atoms with Crippen LogP contribution in [0.2, 0.25) is 39.3 Å². The lowest BCUT2D eigenvalue weighted by Gasteiger charge is -2.12.